The number of hydrazone groups is 2. The predicted octanol–water partition coefficient (Wildman–Crippen LogP) is 7.35. The molecule has 0 saturated carbocycles. The van der Waals surface area contributed by atoms with Gasteiger partial charge in [0, 0.05) is 22.8 Å². The molecule has 0 unspecified atom stereocenters. The van der Waals surface area contributed by atoms with Crippen molar-refractivity contribution in [3.8, 4) is 0 Å². The molecule has 4 aromatic carbocycles. The van der Waals surface area contributed by atoms with Gasteiger partial charge in [-0.2, -0.15) is 20.2 Å². The molecule has 2 aliphatic heterocycles. The Hall–Kier alpha value is -7.73. The van der Waals surface area contributed by atoms with Crippen LogP contribution in [0.5, 0.6) is 0 Å². The van der Waals surface area contributed by atoms with Crippen molar-refractivity contribution in [2.24, 2.45) is 20.4 Å². The van der Waals surface area contributed by atoms with E-state index in [4.69, 9.17) is 0 Å². The van der Waals surface area contributed by atoms with E-state index >= 15 is 0 Å². The number of hydrogen-bond acceptors (Lipinski definition) is 14. The Morgan fingerprint density at radius 3 is 1.10 bits per heavy atom. The fraction of sp³-hybridized carbons (Fsp3) is 0.136. The van der Waals surface area contributed by atoms with Crippen LogP contribution in [-0.2, 0) is 46.4 Å². The number of benzene rings is 4. The van der Waals surface area contributed by atoms with Gasteiger partial charge in [0.15, 0.2) is 0 Å². The Morgan fingerprint density at radius 1 is 0.478 bits per heavy atom. The third kappa shape index (κ3) is 11.9. The van der Waals surface area contributed by atoms with E-state index in [1.807, 2.05) is 36.4 Å². The van der Waals surface area contributed by atoms with Crippen LogP contribution >= 0.6 is 0 Å². The summed E-state index contributed by atoms with van der Waals surface area (Å²) in [4.78, 5) is 41.7. The Labute approximate surface area is 396 Å². The number of carbonyl (C=O) groups excluding carboxylic acids is 2. The number of aryl methyl sites for hydroxylation is 4. The van der Waals surface area contributed by atoms with Gasteiger partial charge in [0.2, 0.25) is 11.9 Å². The molecule has 0 spiro atoms. The Bertz CT molecular complexity index is 2920. The molecule has 23 heteroatoms. The molecule has 0 fully saturated rings. The SMILES string of the molecule is CC1=NN(c2ccccc2)C(=O)/C1=N/[N-]c1ccc(S(=O)(=O)Nc2nc(C)cc(C)n2)cc1.CC1=NN(c2ccccc2)C(=O)/C1=N\[N-]c1ccc(S(=O)(=O)Nc2nc(C)cc(C)n2)cc1.[Co+2]. The molecule has 343 valence electrons. The Balaban J connectivity index is 0.000000218. The standard InChI is InChI=1S/2C22H21N7O3S.Co/c2*1-14-13-15(2)24-22(23-14)28-33(31,32)19-11-9-17(10-12-19)25-26-20-16(3)27-29(21(20)30)18-7-5-4-6-8-18;/h2*4-13H,1-3H3,(H2,23,24,25,27,28,30);/q;;+2/p-2. The molecule has 0 atom stereocenters. The molecule has 8 rings (SSSR count). The summed E-state index contributed by atoms with van der Waals surface area (Å²) < 4.78 is 55.3. The maximum absolute atomic E-state index is 12.7. The zero-order valence-corrected chi connectivity index (χ0v) is 39.2. The quantitative estimate of drug-likeness (QED) is 0.115. The van der Waals surface area contributed by atoms with E-state index in [1.165, 1.54) is 58.5 Å². The summed E-state index contributed by atoms with van der Waals surface area (Å²) in [5.41, 5.74) is 13.9. The van der Waals surface area contributed by atoms with Crippen molar-refractivity contribution in [2.75, 3.05) is 19.5 Å². The van der Waals surface area contributed by atoms with Crippen molar-refractivity contribution in [3.63, 3.8) is 0 Å². The normalized spacial score (nSPS) is 14.8. The maximum Gasteiger partial charge on any atom is 2.00 e. The van der Waals surface area contributed by atoms with Gasteiger partial charge in [0.1, 0.15) is 11.4 Å². The smallest absolute Gasteiger partial charge is 0.575 e. The molecule has 0 saturated heterocycles. The average Bonchev–Trinajstić information content (AvgIpc) is 3.73. The van der Waals surface area contributed by atoms with Crippen molar-refractivity contribution in [2.45, 2.75) is 51.3 Å². The van der Waals surface area contributed by atoms with Gasteiger partial charge >= 0.3 is 16.8 Å². The summed E-state index contributed by atoms with van der Waals surface area (Å²) in [5.74, 6) is -0.770. The van der Waals surface area contributed by atoms with Crippen LogP contribution in [0.15, 0.2) is 152 Å². The van der Waals surface area contributed by atoms with Gasteiger partial charge in [0.05, 0.1) is 32.6 Å². The van der Waals surface area contributed by atoms with E-state index in [9.17, 15) is 26.4 Å². The summed E-state index contributed by atoms with van der Waals surface area (Å²) in [7, 11) is -7.76. The Kier molecular flexibility index (Phi) is 15.0. The monoisotopic (exact) mass is 983 g/mol. The molecule has 6 aromatic rings. The predicted molar refractivity (Wildman–Crippen MR) is 252 cm³/mol. The maximum atomic E-state index is 12.7. The first-order valence-electron chi connectivity index (χ1n) is 19.8. The fourth-order valence-electron chi connectivity index (χ4n) is 6.22. The minimum absolute atomic E-state index is 0. The topological polar surface area (TPSA) is 262 Å². The Morgan fingerprint density at radius 2 is 0.791 bits per heavy atom. The van der Waals surface area contributed by atoms with Crippen LogP contribution < -0.4 is 19.5 Å². The number of hydrogen-bond donors (Lipinski definition) is 2. The molecule has 4 heterocycles. The second kappa shape index (κ2) is 20.6. The number of nitrogens with one attached hydrogen (secondary N) is 2. The molecule has 2 amide bonds. The summed E-state index contributed by atoms with van der Waals surface area (Å²) in [6, 6.07) is 33.0. The number of aromatic nitrogens is 4. The summed E-state index contributed by atoms with van der Waals surface area (Å²) in [6.45, 7) is 10.4. The second-order valence-electron chi connectivity index (χ2n) is 14.5. The number of sulfonamides is 2. The van der Waals surface area contributed by atoms with E-state index in [1.54, 1.807) is 77.9 Å². The molecule has 67 heavy (non-hydrogen) atoms. The van der Waals surface area contributed by atoms with Crippen LogP contribution in [0.1, 0.15) is 36.6 Å². The molecule has 0 bridgehead atoms. The van der Waals surface area contributed by atoms with E-state index in [0.29, 0.717) is 56.9 Å². The fourth-order valence-corrected chi connectivity index (χ4v) is 8.10. The van der Waals surface area contributed by atoms with Gasteiger partial charge in [-0.25, -0.2) is 46.2 Å². The first-order valence-corrected chi connectivity index (χ1v) is 22.8. The van der Waals surface area contributed by atoms with Gasteiger partial charge in [-0.1, -0.05) is 60.7 Å². The van der Waals surface area contributed by atoms with Gasteiger partial charge in [-0.3, -0.25) is 9.59 Å². The molecular weight excluding hydrogens is 944 g/mol. The molecule has 2 aliphatic rings. The van der Waals surface area contributed by atoms with E-state index < -0.39 is 20.0 Å². The van der Waals surface area contributed by atoms with Crippen molar-refractivity contribution >= 4 is 89.4 Å². The van der Waals surface area contributed by atoms with Crippen LogP contribution in [0.2, 0.25) is 0 Å². The first kappa shape index (κ1) is 48.7. The molecule has 2 N–H and O–H groups in total. The second-order valence-corrected chi connectivity index (χ2v) is 17.9. The minimum Gasteiger partial charge on any atom is -0.575 e. The summed E-state index contributed by atoms with van der Waals surface area (Å²) in [6.07, 6.45) is 0. The van der Waals surface area contributed by atoms with Crippen LogP contribution in [0.4, 0.5) is 34.6 Å². The zero-order chi connectivity index (χ0) is 47.2. The summed E-state index contributed by atoms with van der Waals surface area (Å²) >= 11 is 0. The number of rotatable bonds is 12. The summed E-state index contributed by atoms with van der Waals surface area (Å²) in [5, 5.41) is 19.1. The third-order valence-electron chi connectivity index (χ3n) is 9.22. The van der Waals surface area contributed by atoms with Crippen LogP contribution in [0.25, 0.3) is 10.9 Å². The number of carbonyl (C=O) groups is 2. The van der Waals surface area contributed by atoms with Crippen LogP contribution in [-0.4, -0.2) is 71.4 Å². The zero-order valence-electron chi connectivity index (χ0n) is 36.5. The van der Waals surface area contributed by atoms with Crippen molar-refractivity contribution < 1.29 is 43.2 Å². The van der Waals surface area contributed by atoms with Crippen molar-refractivity contribution in [1.29, 1.82) is 0 Å². The first-order chi connectivity index (χ1) is 31.5. The van der Waals surface area contributed by atoms with Crippen LogP contribution in [0, 0.1) is 27.7 Å². The molecule has 0 aliphatic carbocycles. The largest absolute Gasteiger partial charge is 2.00 e. The van der Waals surface area contributed by atoms with Crippen LogP contribution in [0.3, 0.4) is 0 Å². The average molecular weight is 984 g/mol. The number of para-hydroxylation sites is 2. The van der Waals surface area contributed by atoms with Crippen molar-refractivity contribution in [1.82, 2.24) is 19.9 Å². The van der Waals surface area contributed by atoms with Gasteiger partial charge < -0.3 is 21.1 Å². The minimum atomic E-state index is -3.88. The molecular formula is C44H40CoN14O6S2. The number of anilines is 4. The van der Waals surface area contributed by atoms with E-state index in [0.717, 1.165) is 0 Å². The van der Waals surface area contributed by atoms with Gasteiger partial charge in [-0.15, -0.1) is 11.4 Å². The molecule has 2 aromatic heterocycles. The van der Waals surface area contributed by atoms with E-state index in [2.05, 4.69) is 60.6 Å². The molecule has 20 nitrogen and oxygen atoms in total. The number of amides is 2. The number of nitrogens with zero attached hydrogens (tertiary/aromatic N) is 12. The van der Waals surface area contributed by atoms with Crippen molar-refractivity contribution in [3.05, 3.63) is 155 Å². The van der Waals surface area contributed by atoms with E-state index in [-0.39, 0.29) is 61.7 Å². The van der Waals surface area contributed by atoms with Gasteiger partial charge in [-0.05, 0) is 102 Å². The van der Waals surface area contributed by atoms with Gasteiger partial charge in [0.25, 0.3) is 31.9 Å². The third-order valence-corrected chi connectivity index (χ3v) is 11.9. The molecule has 1 radical (unpaired) electrons.